The third kappa shape index (κ3) is 7.03. The van der Waals surface area contributed by atoms with Crippen molar-refractivity contribution in [3.05, 3.63) is 97.6 Å². The predicted molar refractivity (Wildman–Crippen MR) is 131 cm³/mol. The number of nitrogens with zero attached hydrogens (tertiary/aromatic N) is 1. The predicted octanol–water partition coefficient (Wildman–Crippen LogP) is 8.38. The Morgan fingerprint density at radius 1 is 1.00 bits per heavy atom. The summed E-state index contributed by atoms with van der Waals surface area (Å²) in [5.41, 5.74) is 0.875. The summed E-state index contributed by atoms with van der Waals surface area (Å²) < 4.78 is 41.1. The van der Waals surface area contributed by atoms with Crippen LogP contribution in [0.5, 0.6) is 0 Å². The topological polar surface area (TPSA) is 54.0 Å². The van der Waals surface area contributed by atoms with Crippen LogP contribution in [0.15, 0.2) is 60.8 Å². The average molecular weight is 549 g/mol. The molecule has 0 aliphatic carbocycles. The molecule has 1 aromatic heterocycles. The van der Waals surface area contributed by atoms with Crippen molar-refractivity contribution >= 4 is 64.3 Å². The summed E-state index contributed by atoms with van der Waals surface area (Å²) in [5.74, 6) is -1.58. The van der Waals surface area contributed by atoms with Crippen LogP contribution in [0, 0.1) is 0 Å². The number of rotatable bonds is 6. The van der Waals surface area contributed by atoms with E-state index in [1.165, 1.54) is 18.3 Å². The fraction of sp³-hybridized carbons (Fsp3) is 0.130. The fourth-order valence-corrected chi connectivity index (χ4v) is 3.82. The standard InChI is InChI=1S/C23H16Cl4F3N3O/c24-17-9-13(4-6-14(17)12-32-22(34)33-20-3-1-2-8-31-20)5-7-16(23(28,29)30)15-10-18(25)21(27)19(26)11-15/h1-11,16H,12H2,(H2,31,32,33,34). The lowest BCUT2D eigenvalue weighted by Crippen LogP contribution is -2.28. The van der Waals surface area contributed by atoms with Gasteiger partial charge in [-0.3, -0.25) is 5.32 Å². The Morgan fingerprint density at radius 2 is 1.71 bits per heavy atom. The number of benzene rings is 2. The highest BCUT2D eigenvalue weighted by Gasteiger charge is 2.39. The maximum atomic E-state index is 13.7. The number of hydrogen-bond acceptors (Lipinski definition) is 2. The molecular formula is C23H16Cl4F3N3O. The number of urea groups is 1. The van der Waals surface area contributed by atoms with Gasteiger partial charge in [-0.2, -0.15) is 13.2 Å². The molecule has 0 spiro atoms. The maximum Gasteiger partial charge on any atom is 0.399 e. The van der Waals surface area contributed by atoms with Gasteiger partial charge < -0.3 is 5.32 Å². The Hall–Kier alpha value is -2.45. The van der Waals surface area contributed by atoms with Crippen LogP contribution >= 0.6 is 46.4 Å². The molecule has 11 heteroatoms. The Kier molecular flexibility index (Phi) is 8.71. The largest absolute Gasteiger partial charge is 0.399 e. The number of amides is 2. The second kappa shape index (κ2) is 11.3. The minimum Gasteiger partial charge on any atom is -0.334 e. The molecule has 34 heavy (non-hydrogen) atoms. The van der Waals surface area contributed by atoms with E-state index in [1.807, 2.05) is 0 Å². The molecule has 178 valence electrons. The monoisotopic (exact) mass is 547 g/mol. The Bertz CT molecular complexity index is 1180. The highest BCUT2D eigenvalue weighted by atomic mass is 35.5. The van der Waals surface area contributed by atoms with Crippen LogP contribution in [0.4, 0.5) is 23.8 Å². The summed E-state index contributed by atoms with van der Waals surface area (Å²) in [4.78, 5) is 16.0. The first-order valence-corrected chi connectivity index (χ1v) is 11.2. The van der Waals surface area contributed by atoms with E-state index in [4.69, 9.17) is 46.4 Å². The van der Waals surface area contributed by atoms with Crippen molar-refractivity contribution < 1.29 is 18.0 Å². The summed E-state index contributed by atoms with van der Waals surface area (Å²) in [7, 11) is 0. The smallest absolute Gasteiger partial charge is 0.334 e. The quantitative estimate of drug-likeness (QED) is 0.304. The van der Waals surface area contributed by atoms with Crippen LogP contribution in [0.1, 0.15) is 22.6 Å². The molecule has 0 saturated carbocycles. The molecule has 1 heterocycles. The number of halogens is 7. The molecule has 1 unspecified atom stereocenters. The van der Waals surface area contributed by atoms with Crippen molar-refractivity contribution in [2.75, 3.05) is 5.32 Å². The molecule has 0 aliphatic heterocycles. The van der Waals surface area contributed by atoms with E-state index in [0.29, 0.717) is 16.9 Å². The highest BCUT2D eigenvalue weighted by molar-refractivity contribution is 6.48. The van der Waals surface area contributed by atoms with Gasteiger partial charge in [0.15, 0.2) is 0 Å². The molecule has 0 bridgehead atoms. The van der Waals surface area contributed by atoms with Crippen LogP contribution in [-0.4, -0.2) is 17.2 Å². The number of hydrogen-bond donors (Lipinski definition) is 2. The highest BCUT2D eigenvalue weighted by Crippen LogP contribution is 2.41. The van der Waals surface area contributed by atoms with Gasteiger partial charge in [-0.25, -0.2) is 9.78 Å². The van der Waals surface area contributed by atoms with Crippen LogP contribution < -0.4 is 10.6 Å². The van der Waals surface area contributed by atoms with Gasteiger partial charge in [0.2, 0.25) is 0 Å². The second-order valence-electron chi connectivity index (χ2n) is 7.05. The average Bonchev–Trinajstić information content (AvgIpc) is 2.76. The molecule has 2 aromatic carbocycles. The first-order valence-electron chi connectivity index (χ1n) is 9.68. The zero-order valence-corrected chi connectivity index (χ0v) is 20.2. The third-order valence-electron chi connectivity index (χ3n) is 4.62. The molecule has 0 aliphatic rings. The Morgan fingerprint density at radius 3 is 2.29 bits per heavy atom. The number of alkyl halides is 3. The summed E-state index contributed by atoms with van der Waals surface area (Å²) >= 11 is 23.9. The van der Waals surface area contributed by atoms with Crippen LogP contribution in [0.25, 0.3) is 6.08 Å². The second-order valence-corrected chi connectivity index (χ2v) is 8.65. The van der Waals surface area contributed by atoms with Gasteiger partial charge in [-0.05, 0) is 47.0 Å². The fourth-order valence-electron chi connectivity index (χ4n) is 2.95. The van der Waals surface area contributed by atoms with E-state index < -0.39 is 18.1 Å². The van der Waals surface area contributed by atoms with Crippen LogP contribution in [-0.2, 0) is 6.54 Å². The lowest BCUT2D eigenvalue weighted by molar-refractivity contribution is -0.139. The molecule has 0 radical (unpaired) electrons. The van der Waals surface area contributed by atoms with E-state index >= 15 is 0 Å². The van der Waals surface area contributed by atoms with Gasteiger partial charge in [0.05, 0.1) is 21.0 Å². The van der Waals surface area contributed by atoms with Crippen molar-refractivity contribution in [1.29, 1.82) is 0 Å². The number of nitrogens with one attached hydrogen (secondary N) is 2. The summed E-state index contributed by atoms with van der Waals surface area (Å²) in [5, 5.41) is 5.33. The summed E-state index contributed by atoms with van der Waals surface area (Å²) in [6, 6.07) is 11.6. The molecular weight excluding hydrogens is 533 g/mol. The van der Waals surface area contributed by atoms with Crippen molar-refractivity contribution in [3.63, 3.8) is 0 Å². The minimum atomic E-state index is -4.59. The number of carbonyl (C=O) groups excluding carboxylic acids is 1. The number of anilines is 1. The number of carbonyl (C=O) groups is 1. The van der Waals surface area contributed by atoms with E-state index in [1.54, 1.807) is 30.3 Å². The van der Waals surface area contributed by atoms with Crippen LogP contribution in [0.2, 0.25) is 20.1 Å². The van der Waals surface area contributed by atoms with E-state index in [0.717, 1.165) is 18.2 Å². The normalized spacial score (nSPS) is 12.6. The third-order valence-corrected chi connectivity index (χ3v) is 6.17. The summed E-state index contributed by atoms with van der Waals surface area (Å²) in [6.07, 6.45) is -0.769. The zero-order chi connectivity index (χ0) is 24.9. The minimum absolute atomic E-state index is 0.0123. The van der Waals surface area contributed by atoms with E-state index in [2.05, 4.69) is 15.6 Å². The lowest BCUT2D eigenvalue weighted by Gasteiger charge is -2.18. The first kappa shape index (κ1) is 26.2. The van der Waals surface area contributed by atoms with Gasteiger partial charge in [0.25, 0.3) is 0 Å². The van der Waals surface area contributed by atoms with Gasteiger partial charge >= 0.3 is 12.2 Å². The molecule has 4 nitrogen and oxygen atoms in total. The number of pyridine rings is 1. The molecule has 2 N–H and O–H groups in total. The van der Waals surface area contributed by atoms with Gasteiger partial charge in [-0.1, -0.05) is 76.8 Å². The van der Waals surface area contributed by atoms with Crippen molar-refractivity contribution in [2.24, 2.45) is 0 Å². The number of allylic oxidation sites excluding steroid dienone is 1. The van der Waals surface area contributed by atoms with E-state index in [9.17, 15) is 18.0 Å². The van der Waals surface area contributed by atoms with Crippen LogP contribution in [0.3, 0.4) is 0 Å². The van der Waals surface area contributed by atoms with Crippen molar-refractivity contribution in [2.45, 2.75) is 18.6 Å². The number of aromatic nitrogens is 1. The maximum absolute atomic E-state index is 13.7. The SMILES string of the molecule is O=C(NCc1ccc(C=CC(c2cc(Cl)c(Cl)c(Cl)c2)C(F)(F)F)cc1Cl)Nc1ccccn1. The van der Waals surface area contributed by atoms with Crippen molar-refractivity contribution in [1.82, 2.24) is 10.3 Å². The molecule has 1 atom stereocenters. The molecule has 0 fully saturated rings. The van der Waals surface area contributed by atoms with E-state index in [-0.39, 0.29) is 32.2 Å². The van der Waals surface area contributed by atoms with Crippen molar-refractivity contribution in [3.8, 4) is 0 Å². The molecule has 3 rings (SSSR count). The lowest BCUT2D eigenvalue weighted by atomic mass is 9.97. The van der Waals surface area contributed by atoms with Gasteiger partial charge in [0, 0.05) is 17.8 Å². The Balaban J connectivity index is 1.71. The van der Waals surface area contributed by atoms with Gasteiger partial charge in [-0.15, -0.1) is 0 Å². The molecule has 2 amide bonds. The Labute approximate surface area is 213 Å². The summed E-state index contributed by atoms with van der Waals surface area (Å²) in [6.45, 7) is 0.106. The van der Waals surface area contributed by atoms with Gasteiger partial charge in [0.1, 0.15) is 5.82 Å². The first-order chi connectivity index (χ1) is 16.0. The zero-order valence-electron chi connectivity index (χ0n) is 17.1. The molecule has 3 aromatic rings. The molecule has 0 saturated heterocycles.